The Kier molecular flexibility index (Phi) is 6.27. The monoisotopic (exact) mass is 287 g/mol. The summed E-state index contributed by atoms with van der Waals surface area (Å²) in [7, 11) is -1.91. The van der Waals surface area contributed by atoms with Gasteiger partial charge in [0.1, 0.15) is 5.75 Å². The number of hydrogen-bond donors (Lipinski definition) is 2. The minimum atomic E-state index is -3.46. The number of sulfonamides is 1. The Hall–Kier alpha value is -1.11. The number of nitrogens with one attached hydrogen (secondary N) is 1. The van der Waals surface area contributed by atoms with Gasteiger partial charge < -0.3 is 9.84 Å². The Labute approximate surface area is 114 Å². The first-order valence-electron chi connectivity index (χ1n) is 6.26. The molecule has 0 saturated heterocycles. The zero-order chi connectivity index (χ0) is 14.3. The van der Waals surface area contributed by atoms with Crippen molar-refractivity contribution in [3.05, 3.63) is 23.8 Å². The van der Waals surface area contributed by atoms with Crippen LogP contribution in [0.25, 0.3) is 0 Å². The van der Waals surface area contributed by atoms with Crippen LogP contribution in [-0.2, 0) is 10.0 Å². The molecular weight excluding hydrogens is 266 g/mol. The van der Waals surface area contributed by atoms with Gasteiger partial charge in [0.2, 0.25) is 10.0 Å². The molecule has 0 unspecified atom stereocenters. The molecule has 0 saturated carbocycles. The average molecular weight is 287 g/mol. The van der Waals surface area contributed by atoms with E-state index in [-0.39, 0.29) is 11.5 Å². The summed E-state index contributed by atoms with van der Waals surface area (Å²) in [6, 6.07) is 4.77. The molecule has 0 bridgehead atoms. The van der Waals surface area contributed by atoms with Gasteiger partial charge in [-0.1, -0.05) is 0 Å². The van der Waals surface area contributed by atoms with Crippen molar-refractivity contribution in [2.45, 2.75) is 31.1 Å². The number of methoxy groups -OCH3 is 1. The van der Waals surface area contributed by atoms with E-state index < -0.39 is 10.0 Å². The highest BCUT2D eigenvalue weighted by Crippen LogP contribution is 2.21. The molecule has 19 heavy (non-hydrogen) atoms. The first-order chi connectivity index (χ1) is 9.01. The van der Waals surface area contributed by atoms with Crippen LogP contribution in [0.1, 0.15) is 24.8 Å². The van der Waals surface area contributed by atoms with Gasteiger partial charge in [0.05, 0.1) is 12.0 Å². The van der Waals surface area contributed by atoms with Crippen molar-refractivity contribution >= 4 is 10.0 Å². The second kappa shape index (κ2) is 7.47. The van der Waals surface area contributed by atoms with Crippen LogP contribution in [0.15, 0.2) is 23.1 Å². The molecule has 0 atom stereocenters. The molecule has 0 heterocycles. The van der Waals surface area contributed by atoms with Gasteiger partial charge in [0.15, 0.2) is 0 Å². The van der Waals surface area contributed by atoms with Crippen LogP contribution in [-0.4, -0.2) is 33.8 Å². The number of ether oxygens (including phenoxy) is 1. The molecule has 0 fully saturated rings. The molecule has 5 nitrogen and oxygen atoms in total. The lowest BCUT2D eigenvalue weighted by Gasteiger charge is -2.09. The van der Waals surface area contributed by atoms with Gasteiger partial charge >= 0.3 is 0 Å². The lowest BCUT2D eigenvalue weighted by molar-refractivity contribution is 0.283. The molecule has 0 amide bonds. The van der Waals surface area contributed by atoms with Gasteiger partial charge in [-0.05, 0) is 49.9 Å². The molecule has 1 aromatic carbocycles. The van der Waals surface area contributed by atoms with Crippen LogP contribution >= 0.6 is 0 Å². The second-order valence-electron chi connectivity index (χ2n) is 4.31. The van der Waals surface area contributed by atoms with E-state index in [9.17, 15) is 8.42 Å². The molecule has 1 aromatic rings. The maximum Gasteiger partial charge on any atom is 0.240 e. The fraction of sp³-hybridized carbons (Fsp3) is 0.538. The van der Waals surface area contributed by atoms with E-state index in [0.29, 0.717) is 18.7 Å². The Morgan fingerprint density at radius 3 is 2.58 bits per heavy atom. The quantitative estimate of drug-likeness (QED) is 0.710. The molecule has 0 aliphatic rings. The second-order valence-corrected chi connectivity index (χ2v) is 6.08. The number of benzene rings is 1. The van der Waals surface area contributed by atoms with E-state index >= 15 is 0 Å². The van der Waals surface area contributed by atoms with Crippen molar-refractivity contribution in [1.29, 1.82) is 0 Å². The Bertz CT molecular complexity index is 499. The zero-order valence-corrected chi connectivity index (χ0v) is 12.2. The third kappa shape index (κ3) is 4.81. The number of aliphatic hydroxyl groups excluding tert-OH is 1. The standard InChI is InChI=1S/C13H21NO4S/c1-11-10-12(6-7-13(11)18-2)19(16,17)14-8-4-3-5-9-15/h6-7,10,14-15H,3-5,8-9H2,1-2H3. The third-order valence-electron chi connectivity index (χ3n) is 2.80. The minimum absolute atomic E-state index is 0.143. The van der Waals surface area contributed by atoms with Crippen LogP contribution in [0.4, 0.5) is 0 Å². The van der Waals surface area contributed by atoms with Crippen molar-refractivity contribution < 1.29 is 18.3 Å². The highest BCUT2D eigenvalue weighted by Gasteiger charge is 2.14. The van der Waals surface area contributed by atoms with Crippen LogP contribution < -0.4 is 9.46 Å². The summed E-state index contributed by atoms with van der Waals surface area (Å²) in [5, 5.41) is 8.63. The number of hydrogen-bond acceptors (Lipinski definition) is 4. The van der Waals surface area contributed by atoms with Gasteiger partial charge in [0.25, 0.3) is 0 Å². The molecule has 0 aromatic heterocycles. The average Bonchev–Trinajstić information content (AvgIpc) is 2.38. The summed E-state index contributed by atoms with van der Waals surface area (Å²) < 4.78 is 31.7. The number of rotatable bonds is 8. The molecule has 0 aliphatic heterocycles. The summed E-state index contributed by atoms with van der Waals surface area (Å²) in [5.41, 5.74) is 0.783. The smallest absolute Gasteiger partial charge is 0.240 e. The topological polar surface area (TPSA) is 75.6 Å². The molecule has 0 spiro atoms. The van der Waals surface area contributed by atoms with E-state index in [0.717, 1.165) is 18.4 Å². The summed E-state index contributed by atoms with van der Waals surface area (Å²) in [5.74, 6) is 0.668. The lowest BCUT2D eigenvalue weighted by Crippen LogP contribution is -2.24. The first kappa shape index (κ1) is 15.9. The van der Waals surface area contributed by atoms with Gasteiger partial charge in [-0.25, -0.2) is 13.1 Å². The largest absolute Gasteiger partial charge is 0.496 e. The highest BCUT2D eigenvalue weighted by atomic mass is 32.2. The minimum Gasteiger partial charge on any atom is -0.496 e. The van der Waals surface area contributed by atoms with E-state index in [4.69, 9.17) is 9.84 Å². The maximum absolute atomic E-state index is 12.0. The summed E-state index contributed by atoms with van der Waals surface area (Å²) in [6.45, 7) is 2.33. The van der Waals surface area contributed by atoms with Crippen molar-refractivity contribution in [3.63, 3.8) is 0 Å². The predicted molar refractivity (Wildman–Crippen MR) is 73.9 cm³/mol. The van der Waals surface area contributed by atoms with E-state index in [1.807, 2.05) is 0 Å². The maximum atomic E-state index is 12.0. The van der Waals surface area contributed by atoms with Crippen molar-refractivity contribution in [2.75, 3.05) is 20.3 Å². The summed E-state index contributed by atoms with van der Waals surface area (Å²) >= 11 is 0. The van der Waals surface area contributed by atoms with Crippen LogP contribution in [0, 0.1) is 6.92 Å². The predicted octanol–water partition coefficient (Wildman–Crippen LogP) is 1.44. The molecule has 0 aliphatic carbocycles. The highest BCUT2D eigenvalue weighted by molar-refractivity contribution is 7.89. The normalized spacial score (nSPS) is 11.5. The number of unbranched alkanes of at least 4 members (excludes halogenated alkanes) is 2. The molecule has 1 rings (SSSR count). The summed E-state index contributed by atoms with van der Waals surface area (Å²) in [4.78, 5) is 0.243. The van der Waals surface area contributed by atoms with E-state index in [1.165, 1.54) is 6.07 Å². The van der Waals surface area contributed by atoms with Crippen molar-refractivity contribution in [3.8, 4) is 5.75 Å². The van der Waals surface area contributed by atoms with Gasteiger partial charge in [-0.3, -0.25) is 0 Å². The van der Waals surface area contributed by atoms with Crippen LogP contribution in [0.3, 0.4) is 0 Å². The summed E-state index contributed by atoms with van der Waals surface area (Å²) in [6.07, 6.45) is 2.22. The first-order valence-corrected chi connectivity index (χ1v) is 7.74. The lowest BCUT2D eigenvalue weighted by atomic mass is 10.2. The van der Waals surface area contributed by atoms with Gasteiger partial charge in [0, 0.05) is 13.2 Å². The van der Waals surface area contributed by atoms with Crippen LogP contribution in [0.2, 0.25) is 0 Å². The Balaban J connectivity index is 2.64. The molecule has 2 N–H and O–H groups in total. The molecular formula is C13H21NO4S. The van der Waals surface area contributed by atoms with Crippen molar-refractivity contribution in [2.24, 2.45) is 0 Å². The molecule has 6 heteroatoms. The molecule has 108 valence electrons. The Morgan fingerprint density at radius 1 is 1.26 bits per heavy atom. The van der Waals surface area contributed by atoms with Crippen molar-refractivity contribution in [1.82, 2.24) is 4.72 Å². The third-order valence-corrected chi connectivity index (χ3v) is 4.26. The van der Waals surface area contributed by atoms with Gasteiger partial charge in [-0.15, -0.1) is 0 Å². The van der Waals surface area contributed by atoms with Gasteiger partial charge in [-0.2, -0.15) is 0 Å². The van der Waals surface area contributed by atoms with E-state index in [2.05, 4.69) is 4.72 Å². The SMILES string of the molecule is COc1ccc(S(=O)(=O)NCCCCCO)cc1C. The van der Waals surface area contributed by atoms with Crippen LogP contribution in [0.5, 0.6) is 5.75 Å². The zero-order valence-electron chi connectivity index (χ0n) is 11.3. The fourth-order valence-corrected chi connectivity index (χ4v) is 2.88. The van der Waals surface area contributed by atoms with E-state index in [1.54, 1.807) is 26.2 Å². The Morgan fingerprint density at radius 2 is 2.00 bits per heavy atom. The fourth-order valence-electron chi connectivity index (χ4n) is 1.72. The number of aliphatic hydroxyl groups is 1. The molecule has 0 radical (unpaired) electrons. The number of aryl methyl sites for hydroxylation is 1.